The molecule has 134 valence electrons. The SMILES string of the molecule is COc1cc(NC(=O)C(C)(C)O)c(NC(=O)C(C)(C)O)cc1OC. The largest absolute Gasteiger partial charge is 0.493 e. The summed E-state index contributed by atoms with van der Waals surface area (Å²) < 4.78 is 10.3. The zero-order valence-electron chi connectivity index (χ0n) is 14.7. The number of benzene rings is 1. The van der Waals surface area contributed by atoms with Gasteiger partial charge in [0.25, 0.3) is 11.8 Å². The number of aliphatic hydroxyl groups is 2. The first-order valence-electron chi connectivity index (χ1n) is 7.23. The average molecular weight is 340 g/mol. The Labute approximate surface area is 140 Å². The smallest absolute Gasteiger partial charge is 0.255 e. The molecule has 0 aliphatic carbocycles. The van der Waals surface area contributed by atoms with Crippen LogP contribution in [0.15, 0.2) is 12.1 Å². The minimum atomic E-state index is -1.62. The van der Waals surface area contributed by atoms with Gasteiger partial charge in [-0.3, -0.25) is 9.59 Å². The van der Waals surface area contributed by atoms with E-state index in [2.05, 4.69) is 10.6 Å². The molecule has 8 heteroatoms. The van der Waals surface area contributed by atoms with Crippen LogP contribution in [-0.2, 0) is 9.59 Å². The maximum absolute atomic E-state index is 12.0. The van der Waals surface area contributed by atoms with Crippen molar-refractivity contribution in [3.63, 3.8) is 0 Å². The molecule has 0 saturated carbocycles. The Bertz CT molecular complexity index is 574. The Kier molecular flexibility index (Phi) is 5.80. The van der Waals surface area contributed by atoms with Crippen molar-refractivity contribution in [2.45, 2.75) is 38.9 Å². The van der Waals surface area contributed by atoms with E-state index in [-0.39, 0.29) is 11.4 Å². The van der Waals surface area contributed by atoms with Crippen molar-refractivity contribution in [3.05, 3.63) is 12.1 Å². The zero-order chi connectivity index (χ0) is 18.7. The van der Waals surface area contributed by atoms with Gasteiger partial charge in [0, 0.05) is 12.1 Å². The van der Waals surface area contributed by atoms with Crippen LogP contribution in [-0.4, -0.2) is 47.4 Å². The molecule has 0 aliphatic rings. The van der Waals surface area contributed by atoms with Gasteiger partial charge in [0.2, 0.25) is 0 Å². The molecule has 0 fully saturated rings. The van der Waals surface area contributed by atoms with Crippen LogP contribution in [0.5, 0.6) is 11.5 Å². The third-order valence-corrected chi connectivity index (χ3v) is 3.13. The van der Waals surface area contributed by atoms with E-state index in [1.807, 2.05) is 0 Å². The highest BCUT2D eigenvalue weighted by Crippen LogP contribution is 2.37. The van der Waals surface area contributed by atoms with Gasteiger partial charge in [0.1, 0.15) is 11.2 Å². The minimum Gasteiger partial charge on any atom is -0.493 e. The molecule has 0 heterocycles. The molecule has 0 bridgehead atoms. The lowest BCUT2D eigenvalue weighted by Crippen LogP contribution is -2.38. The van der Waals surface area contributed by atoms with Crippen LogP contribution < -0.4 is 20.1 Å². The van der Waals surface area contributed by atoms with E-state index in [4.69, 9.17) is 9.47 Å². The monoisotopic (exact) mass is 340 g/mol. The summed E-state index contributed by atoms with van der Waals surface area (Å²) in [6.45, 7) is 5.33. The van der Waals surface area contributed by atoms with Crippen molar-refractivity contribution < 1.29 is 29.3 Å². The maximum Gasteiger partial charge on any atom is 0.255 e. The number of methoxy groups -OCH3 is 2. The van der Waals surface area contributed by atoms with Crippen molar-refractivity contribution in [2.75, 3.05) is 24.9 Å². The normalized spacial score (nSPS) is 11.7. The van der Waals surface area contributed by atoms with Crippen LogP contribution in [0.1, 0.15) is 27.7 Å². The quantitative estimate of drug-likeness (QED) is 0.616. The highest BCUT2D eigenvalue weighted by Gasteiger charge is 2.28. The number of hydrogen-bond donors (Lipinski definition) is 4. The van der Waals surface area contributed by atoms with Gasteiger partial charge < -0.3 is 30.3 Å². The summed E-state index contributed by atoms with van der Waals surface area (Å²) in [5.41, 5.74) is -2.86. The van der Waals surface area contributed by atoms with Crippen LogP contribution in [0.3, 0.4) is 0 Å². The maximum atomic E-state index is 12.0. The molecule has 1 aromatic carbocycles. The predicted molar refractivity (Wildman–Crippen MR) is 89.4 cm³/mol. The lowest BCUT2D eigenvalue weighted by Gasteiger charge is -2.22. The van der Waals surface area contributed by atoms with Crippen molar-refractivity contribution in [3.8, 4) is 11.5 Å². The topological polar surface area (TPSA) is 117 Å². The summed E-state index contributed by atoms with van der Waals surface area (Å²) in [5.74, 6) is -0.698. The minimum absolute atomic E-state index is 0.192. The fourth-order valence-electron chi connectivity index (χ4n) is 1.64. The van der Waals surface area contributed by atoms with E-state index >= 15 is 0 Å². The molecule has 0 saturated heterocycles. The fourth-order valence-corrected chi connectivity index (χ4v) is 1.64. The van der Waals surface area contributed by atoms with E-state index in [0.29, 0.717) is 11.5 Å². The van der Waals surface area contributed by atoms with Crippen LogP contribution in [0.25, 0.3) is 0 Å². The van der Waals surface area contributed by atoms with Gasteiger partial charge in [-0.1, -0.05) is 0 Å². The van der Waals surface area contributed by atoms with Crippen LogP contribution >= 0.6 is 0 Å². The molecular formula is C16H24N2O6. The second-order valence-electron chi connectivity index (χ2n) is 6.28. The second-order valence-corrected chi connectivity index (χ2v) is 6.28. The molecule has 0 radical (unpaired) electrons. The Hall–Kier alpha value is -2.32. The van der Waals surface area contributed by atoms with E-state index in [0.717, 1.165) is 0 Å². The van der Waals surface area contributed by atoms with Gasteiger partial charge in [-0.15, -0.1) is 0 Å². The molecule has 1 aromatic rings. The van der Waals surface area contributed by atoms with Gasteiger partial charge in [-0.2, -0.15) is 0 Å². The number of carbonyl (C=O) groups is 2. The van der Waals surface area contributed by atoms with Crippen molar-refractivity contribution in [1.29, 1.82) is 0 Å². The molecule has 8 nitrogen and oxygen atoms in total. The predicted octanol–water partition coefficient (Wildman–Crippen LogP) is 1.12. The van der Waals surface area contributed by atoms with Crippen molar-refractivity contribution in [2.24, 2.45) is 0 Å². The molecular weight excluding hydrogens is 316 g/mol. The molecule has 0 unspecified atom stereocenters. The van der Waals surface area contributed by atoms with E-state index < -0.39 is 23.0 Å². The van der Waals surface area contributed by atoms with Crippen LogP contribution in [0, 0.1) is 0 Å². The molecule has 0 spiro atoms. The fraction of sp³-hybridized carbons (Fsp3) is 0.500. The first kappa shape index (κ1) is 19.7. The molecule has 0 aliphatic heterocycles. The Morgan fingerprint density at radius 2 is 1.12 bits per heavy atom. The zero-order valence-corrected chi connectivity index (χ0v) is 14.7. The second kappa shape index (κ2) is 7.06. The highest BCUT2D eigenvalue weighted by molar-refractivity contribution is 6.04. The van der Waals surface area contributed by atoms with Gasteiger partial charge >= 0.3 is 0 Å². The van der Waals surface area contributed by atoms with Crippen LogP contribution in [0.2, 0.25) is 0 Å². The molecule has 0 atom stereocenters. The average Bonchev–Trinajstić information content (AvgIpc) is 2.46. The highest BCUT2D eigenvalue weighted by atomic mass is 16.5. The molecule has 24 heavy (non-hydrogen) atoms. The van der Waals surface area contributed by atoms with Crippen molar-refractivity contribution in [1.82, 2.24) is 0 Å². The number of rotatable bonds is 6. The van der Waals surface area contributed by atoms with Gasteiger partial charge in [0.15, 0.2) is 11.5 Å². The van der Waals surface area contributed by atoms with E-state index in [9.17, 15) is 19.8 Å². The number of ether oxygens (including phenoxy) is 2. The number of anilines is 2. The standard InChI is InChI=1S/C16H24N2O6/c1-15(2,21)13(19)17-9-7-11(23-5)12(24-6)8-10(9)18-14(20)16(3,4)22/h7-8,21-22H,1-6H3,(H,17,19)(H,18,20). The summed E-state index contributed by atoms with van der Waals surface area (Å²) in [6.07, 6.45) is 0. The van der Waals surface area contributed by atoms with Gasteiger partial charge in [-0.05, 0) is 27.7 Å². The third kappa shape index (κ3) is 4.84. The van der Waals surface area contributed by atoms with Crippen molar-refractivity contribution >= 4 is 23.2 Å². The first-order valence-corrected chi connectivity index (χ1v) is 7.23. The number of carbonyl (C=O) groups excluding carboxylic acids is 2. The van der Waals surface area contributed by atoms with E-state index in [1.54, 1.807) is 0 Å². The Balaban J connectivity index is 3.32. The van der Waals surface area contributed by atoms with Gasteiger partial charge in [-0.25, -0.2) is 0 Å². The van der Waals surface area contributed by atoms with Gasteiger partial charge in [0.05, 0.1) is 25.6 Å². The Morgan fingerprint density at radius 3 is 1.33 bits per heavy atom. The molecule has 0 aromatic heterocycles. The number of amides is 2. The molecule has 1 rings (SSSR count). The molecule has 4 N–H and O–H groups in total. The lowest BCUT2D eigenvalue weighted by atomic mass is 10.1. The summed E-state index contributed by atoms with van der Waals surface area (Å²) in [5, 5.41) is 24.6. The summed E-state index contributed by atoms with van der Waals surface area (Å²) in [7, 11) is 2.85. The molecule has 2 amide bonds. The summed E-state index contributed by atoms with van der Waals surface area (Å²) in [6, 6.07) is 2.89. The number of nitrogens with one attached hydrogen (secondary N) is 2. The van der Waals surface area contributed by atoms with Crippen LogP contribution in [0.4, 0.5) is 11.4 Å². The number of hydrogen-bond acceptors (Lipinski definition) is 6. The summed E-state index contributed by atoms with van der Waals surface area (Å²) in [4.78, 5) is 24.1. The lowest BCUT2D eigenvalue weighted by molar-refractivity contribution is -0.131. The summed E-state index contributed by atoms with van der Waals surface area (Å²) >= 11 is 0. The Morgan fingerprint density at radius 1 is 0.833 bits per heavy atom. The van der Waals surface area contributed by atoms with E-state index in [1.165, 1.54) is 54.0 Å². The third-order valence-electron chi connectivity index (χ3n) is 3.13. The first-order chi connectivity index (χ1) is 10.9.